The standard InChI is InChI=1S/C11H18N4O2S/c1-8-6-9(11(12)13)7-10(14-8)15(2)4-5-18(3,16)17/h6-7H,4-5H2,1-3H3,(H3,12,13). The van der Waals surface area contributed by atoms with Crippen molar-refractivity contribution in [1.29, 1.82) is 5.41 Å². The van der Waals surface area contributed by atoms with Gasteiger partial charge < -0.3 is 10.6 Å². The number of hydrogen-bond donors (Lipinski definition) is 2. The van der Waals surface area contributed by atoms with Gasteiger partial charge in [-0.1, -0.05) is 0 Å². The molecule has 0 amide bonds. The van der Waals surface area contributed by atoms with Crippen molar-refractivity contribution in [2.75, 3.05) is 30.5 Å². The monoisotopic (exact) mass is 270 g/mol. The number of nitrogen functional groups attached to an aromatic ring is 1. The van der Waals surface area contributed by atoms with Gasteiger partial charge in [0, 0.05) is 31.1 Å². The van der Waals surface area contributed by atoms with E-state index in [0.717, 1.165) is 5.69 Å². The van der Waals surface area contributed by atoms with Crippen LogP contribution in [0.25, 0.3) is 0 Å². The fraction of sp³-hybridized carbons (Fsp3) is 0.455. The molecule has 0 saturated carbocycles. The number of anilines is 1. The number of rotatable bonds is 5. The van der Waals surface area contributed by atoms with Crippen LogP contribution < -0.4 is 10.6 Å². The van der Waals surface area contributed by atoms with Crippen molar-refractivity contribution in [2.24, 2.45) is 5.73 Å². The Hall–Kier alpha value is -1.63. The van der Waals surface area contributed by atoms with Crippen molar-refractivity contribution in [1.82, 2.24) is 4.98 Å². The number of pyridine rings is 1. The Morgan fingerprint density at radius 1 is 1.50 bits per heavy atom. The number of aromatic nitrogens is 1. The van der Waals surface area contributed by atoms with Gasteiger partial charge in [-0.3, -0.25) is 5.41 Å². The van der Waals surface area contributed by atoms with E-state index in [4.69, 9.17) is 11.1 Å². The first-order valence-electron chi connectivity index (χ1n) is 5.41. The quantitative estimate of drug-likeness (QED) is 0.586. The summed E-state index contributed by atoms with van der Waals surface area (Å²) in [4.78, 5) is 6.03. The molecule has 7 heteroatoms. The molecule has 0 aromatic carbocycles. The first-order valence-corrected chi connectivity index (χ1v) is 7.47. The van der Waals surface area contributed by atoms with Crippen LogP contribution >= 0.6 is 0 Å². The molecule has 0 bridgehead atoms. The fourth-order valence-corrected chi connectivity index (χ4v) is 2.02. The number of nitrogens with zero attached hydrogens (tertiary/aromatic N) is 2. The van der Waals surface area contributed by atoms with Crippen LogP contribution in [0.4, 0.5) is 5.82 Å². The van der Waals surface area contributed by atoms with E-state index in [1.807, 2.05) is 0 Å². The van der Waals surface area contributed by atoms with E-state index >= 15 is 0 Å². The third-order valence-corrected chi connectivity index (χ3v) is 3.36. The van der Waals surface area contributed by atoms with Crippen LogP contribution in [-0.2, 0) is 9.84 Å². The molecule has 0 aliphatic heterocycles. The number of amidine groups is 1. The van der Waals surface area contributed by atoms with Crippen LogP contribution in [0, 0.1) is 12.3 Å². The van der Waals surface area contributed by atoms with Crippen LogP contribution in [0.15, 0.2) is 12.1 Å². The first kappa shape index (κ1) is 14.4. The van der Waals surface area contributed by atoms with Crippen LogP contribution in [0.5, 0.6) is 0 Å². The van der Waals surface area contributed by atoms with Crippen LogP contribution in [-0.4, -0.2) is 44.8 Å². The average Bonchev–Trinajstić information content (AvgIpc) is 2.23. The fourth-order valence-electron chi connectivity index (χ4n) is 1.42. The van der Waals surface area contributed by atoms with Crippen LogP contribution in [0.2, 0.25) is 0 Å². The number of nitrogens with one attached hydrogen (secondary N) is 1. The van der Waals surface area contributed by atoms with Crippen molar-refractivity contribution in [3.05, 3.63) is 23.4 Å². The summed E-state index contributed by atoms with van der Waals surface area (Å²) in [7, 11) is -1.24. The van der Waals surface area contributed by atoms with Gasteiger partial charge >= 0.3 is 0 Å². The normalized spacial score (nSPS) is 11.3. The zero-order valence-electron chi connectivity index (χ0n) is 10.8. The van der Waals surface area contributed by atoms with Crippen molar-refractivity contribution in [3.63, 3.8) is 0 Å². The minimum absolute atomic E-state index is 0.0294. The van der Waals surface area contributed by atoms with Gasteiger partial charge in [0.2, 0.25) is 0 Å². The molecule has 0 spiro atoms. The molecule has 0 aliphatic rings. The second kappa shape index (κ2) is 5.34. The highest BCUT2D eigenvalue weighted by molar-refractivity contribution is 7.90. The van der Waals surface area contributed by atoms with E-state index in [2.05, 4.69) is 4.98 Å². The van der Waals surface area contributed by atoms with Gasteiger partial charge in [-0.05, 0) is 19.1 Å². The third-order valence-electron chi connectivity index (χ3n) is 2.44. The molecule has 1 aromatic heterocycles. The molecule has 0 saturated heterocycles. The zero-order valence-corrected chi connectivity index (χ0v) is 11.6. The Kier molecular flexibility index (Phi) is 4.28. The van der Waals surface area contributed by atoms with E-state index in [9.17, 15) is 8.42 Å². The molecule has 0 unspecified atom stereocenters. The largest absolute Gasteiger partial charge is 0.384 e. The van der Waals surface area contributed by atoms with Crippen molar-refractivity contribution >= 4 is 21.5 Å². The maximum atomic E-state index is 11.1. The number of hydrogen-bond acceptors (Lipinski definition) is 5. The van der Waals surface area contributed by atoms with Gasteiger partial charge in [0.15, 0.2) is 0 Å². The lowest BCUT2D eigenvalue weighted by Gasteiger charge is -2.18. The molecule has 0 atom stereocenters. The number of aryl methyl sites for hydroxylation is 1. The predicted octanol–water partition coefficient (Wildman–Crippen LogP) is 0.155. The molecule has 0 aliphatic carbocycles. The molecular weight excluding hydrogens is 252 g/mol. The summed E-state index contributed by atoms with van der Waals surface area (Å²) >= 11 is 0. The van der Waals surface area contributed by atoms with Crippen molar-refractivity contribution in [3.8, 4) is 0 Å². The Morgan fingerprint density at radius 2 is 2.11 bits per heavy atom. The molecule has 100 valence electrons. The minimum atomic E-state index is -3.00. The summed E-state index contributed by atoms with van der Waals surface area (Å²) in [6.07, 6.45) is 1.20. The Balaban J connectivity index is 2.92. The smallest absolute Gasteiger partial charge is 0.149 e. The van der Waals surface area contributed by atoms with Gasteiger partial charge in [0.1, 0.15) is 21.5 Å². The van der Waals surface area contributed by atoms with Gasteiger partial charge in [-0.25, -0.2) is 13.4 Å². The number of sulfone groups is 1. The summed E-state index contributed by atoms with van der Waals surface area (Å²) < 4.78 is 22.2. The summed E-state index contributed by atoms with van der Waals surface area (Å²) in [6.45, 7) is 2.16. The van der Waals surface area contributed by atoms with E-state index in [0.29, 0.717) is 17.9 Å². The highest BCUT2D eigenvalue weighted by Crippen LogP contribution is 2.13. The van der Waals surface area contributed by atoms with Gasteiger partial charge in [-0.15, -0.1) is 0 Å². The Labute approximate surface area is 107 Å². The molecule has 3 N–H and O–H groups in total. The van der Waals surface area contributed by atoms with E-state index in [-0.39, 0.29) is 11.6 Å². The number of nitrogens with two attached hydrogens (primary N) is 1. The first-order chi connectivity index (χ1) is 8.19. The molecule has 0 radical (unpaired) electrons. The Bertz CT molecular complexity index is 554. The lowest BCUT2D eigenvalue weighted by molar-refractivity contribution is 0.601. The SMILES string of the molecule is Cc1cc(C(=N)N)cc(N(C)CCS(C)(=O)=O)n1. The van der Waals surface area contributed by atoms with Crippen LogP contribution in [0.1, 0.15) is 11.3 Å². The maximum absolute atomic E-state index is 11.1. The Morgan fingerprint density at radius 3 is 2.61 bits per heavy atom. The molecule has 1 heterocycles. The van der Waals surface area contributed by atoms with E-state index < -0.39 is 9.84 Å². The highest BCUT2D eigenvalue weighted by atomic mass is 32.2. The molecule has 18 heavy (non-hydrogen) atoms. The van der Waals surface area contributed by atoms with Crippen LogP contribution in [0.3, 0.4) is 0 Å². The summed E-state index contributed by atoms with van der Waals surface area (Å²) in [6, 6.07) is 3.40. The molecule has 1 rings (SSSR count). The van der Waals surface area contributed by atoms with Gasteiger partial charge in [0.25, 0.3) is 0 Å². The van der Waals surface area contributed by atoms with Gasteiger partial charge in [-0.2, -0.15) is 0 Å². The van der Waals surface area contributed by atoms with E-state index in [1.54, 1.807) is 31.0 Å². The molecule has 6 nitrogen and oxygen atoms in total. The summed E-state index contributed by atoms with van der Waals surface area (Å²) in [5.41, 5.74) is 6.76. The zero-order chi connectivity index (χ0) is 13.9. The van der Waals surface area contributed by atoms with Gasteiger partial charge in [0.05, 0.1) is 5.75 Å². The predicted molar refractivity (Wildman–Crippen MR) is 73.0 cm³/mol. The topological polar surface area (TPSA) is 100 Å². The highest BCUT2D eigenvalue weighted by Gasteiger charge is 2.09. The summed E-state index contributed by atoms with van der Waals surface area (Å²) in [5.74, 6) is 0.649. The minimum Gasteiger partial charge on any atom is -0.384 e. The summed E-state index contributed by atoms with van der Waals surface area (Å²) in [5, 5.41) is 7.41. The second-order valence-corrected chi connectivity index (χ2v) is 6.58. The molecular formula is C11H18N4O2S. The second-order valence-electron chi connectivity index (χ2n) is 4.32. The average molecular weight is 270 g/mol. The molecule has 1 aromatic rings. The van der Waals surface area contributed by atoms with Crippen molar-refractivity contribution < 1.29 is 8.42 Å². The lowest BCUT2D eigenvalue weighted by Crippen LogP contribution is -2.26. The lowest BCUT2D eigenvalue weighted by atomic mass is 10.2. The third kappa shape index (κ3) is 4.33. The van der Waals surface area contributed by atoms with Crippen molar-refractivity contribution in [2.45, 2.75) is 6.92 Å². The molecule has 0 fully saturated rings. The van der Waals surface area contributed by atoms with E-state index in [1.165, 1.54) is 6.26 Å². The maximum Gasteiger partial charge on any atom is 0.149 e.